The standard InChI is InChI=1S/C21H17BrN4O4/c1-26-19-18(15(22)8-10-24-19)29-12-17(21(26)28)25-20(27)16-11-14(7-9-23-16)30-13-5-3-2-4-6-13/h2-11,17H,12H2,1H3,(H,25,27)/t17-/m0/s1. The summed E-state index contributed by atoms with van der Waals surface area (Å²) in [7, 11) is 1.58. The van der Waals surface area contributed by atoms with Gasteiger partial charge in [-0.05, 0) is 40.2 Å². The number of anilines is 1. The molecule has 30 heavy (non-hydrogen) atoms. The summed E-state index contributed by atoms with van der Waals surface area (Å²) in [6, 6.07) is 13.2. The fraction of sp³-hybridized carbons (Fsp3) is 0.143. The predicted molar refractivity (Wildman–Crippen MR) is 113 cm³/mol. The van der Waals surface area contributed by atoms with E-state index >= 15 is 0 Å². The minimum absolute atomic E-state index is 0.0353. The van der Waals surface area contributed by atoms with Crippen molar-refractivity contribution in [3.8, 4) is 17.2 Å². The van der Waals surface area contributed by atoms with Crippen LogP contribution in [0.3, 0.4) is 0 Å². The van der Waals surface area contributed by atoms with E-state index in [4.69, 9.17) is 9.47 Å². The van der Waals surface area contributed by atoms with Gasteiger partial charge in [0.1, 0.15) is 29.8 Å². The Morgan fingerprint density at radius 2 is 1.93 bits per heavy atom. The Balaban J connectivity index is 1.50. The van der Waals surface area contributed by atoms with Crippen molar-refractivity contribution < 1.29 is 19.1 Å². The lowest BCUT2D eigenvalue weighted by molar-refractivity contribution is -0.120. The number of aromatic nitrogens is 2. The Morgan fingerprint density at radius 3 is 2.73 bits per heavy atom. The van der Waals surface area contributed by atoms with Gasteiger partial charge in [0.05, 0.1) is 4.47 Å². The van der Waals surface area contributed by atoms with Crippen molar-refractivity contribution in [2.24, 2.45) is 0 Å². The van der Waals surface area contributed by atoms with E-state index in [1.54, 1.807) is 37.5 Å². The van der Waals surface area contributed by atoms with Crippen LogP contribution in [0.15, 0.2) is 65.4 Å². The number of nitrogens with zero attached hydrogens (tertiary/aromatic N) is 3. The zero-order chi connectivity index (χ0) is 21.1. The average molecular weight is 469 g/mol. The molecule has 0 saturated carbocycles. The summed E-state index contributed by atoms with van der Waals surface area (Å²) in [5, 5.41) is 2.68. The topological polar surface area (TPSA) is 93.7 Å². The molecule has 2 aromatic heterocycles. The van der Waals surface area contributed by atoms with Crippen LogP contribution >= 0.6 is 15.9 Å². The first-order chi connectivity index (χ1) is 14.5. The van der Waals surface area contributed by atoms with Crippen LogP contribution in [0.25, 0.3) is 0 Å². The Labute approximate surface area is 181 Å². The summed E-state index contributed by atoms with van der Waals surface area (Å²) < 4.78 is 12.2. The third-order valence-electron chi connectivity index (χ3n) is 4.43. The molecule has 0 bridgehead atoms. The Kier molecular flexibility index (Phi) is 5.62. The minimum atomic E-state index is -0.899. The van der Waals surface area contributed by atoms with E-state index in [0.29, 0.717) is 27.5 Å². The van der Waals surface area contributed by atoms with Gasteiger partial charge in [-0.2, -0.15) is 0 Å². The highest BCUT2D eigenvalue weighted by molar-refractivity contribution is 9.10. The first-order valence-corrected chi connectivity index (χ1v) is 9.87. The number of fused-ring (bicyclic) bond motifs is 1. The molecule has 1 aliphatic heterocycles. The van der Waals surface area contributed by atoms with Crippen LogP contribution in [-0.4, -0.2) is 41.5 Å². The molecule has 1 aliphatic rings. The normalized spacial score (nSPS) is 15.6. The smallest absolute Gasteiger partial charge is 0.270 e. The fourth-order valence-electron chi connectivity index (χ4n) is 2.92. The summed E-state index contributed by atoms with van der Waals surface area (Å²) in [5.74, 6) is 1.07. The first-order valence-electron chi connectivity index (χ1n) is 9.07. The molecule has 3 heterocycles. The molecule has 8 nitrogen and oxygen atoms in total. The lowest BCUT2D eigenvalue weighted by Gasteiger charge is -2.19. The van der Waals surface area contributed by atoms with Gasteiger partial charge >= 0.3 is 0 Å². The molecule has 2 amide bonds. The molecule has 0 spiro atoms. The lowest BCUT2D eigenvalue weighted by Crippen LogP contribution is -2.49. The maximum atomic E-state index is 12.8. The molecule has 4 rings (SSSR count). The molecule has 152 valence electrons. The van der Waals surface area contributed by atoms with Crippen molar-refractivity contribution >= 4 is 33.6 Å². The number of para-hydroxylation sites is 1. The minimum Gasteiger partial charge on any atom is -0.486 e. The number of hydrogen-bond donors (Lipinski definition) is 1. The number of carbonyl (C=O) groups is 2. The monoisotopic (exact) mass is 468 g/mol. The molecule has 3 aromatic rings. The third kappa shape index (κ3) is 4.11. The van der Waals surface area contributed by atoms with Crippen molar-refractivity contribution in [1.82, 2.24) is 15.3 Å². The van der Waals surface area contributed by atoms with Gasteiger partial charge in [-0.15, -0.1) is 0 Å². The second kappa shape index (κ2) is 8.50. The van der Waals surface area contributed by atoms with E-state index in [1.165, 1.54) is 17.2 Å². The van der Waals surface area contributed by atoms with Crippen LogP contribution in [0.5, 0.6) is 17.2 Å². The zero-order valence-corrected chi connectivity index (χ0v) is 17.5. The molecule has 1 aromatic carbocycles. The highest BCUT2D eigenvalue weighted by atomic mass is 79.9. The summed E-state index contributed by atoms with van der Waals surface area (Å²) in [5.41, 5.74) is 0.125. The average Bonchev–Trinajstić information content (AvgIpc) is 2.88. The van der Waals surface area contributed by atoms with Crippen LogP contribution < -0.4 is 19.7 Å². The number of likely N-dealkylation sites (N-methyl/N-ethyl adjacent to an activating group) is 1. The van der Waals surface area contributed by atoms with Crippen molar-refractivity contribution in [2.75, 3.05) is 18.6 Å². The SMILES string of the molecule is CN1C(=O)[C@@H](NC(=O)c2cc(Oc3ccccc3)ccn2)COc2c(Br)ccnc21. The second-order valence-electron chi connectivity index (χ2n) is 6.47. The van der Waals surface area contributed by atoms with Crippen molar-refractivity contribution in [1.29, 1.82) is 0 Å². The molecule has 0 saturated heterocycles. The molecule has 0 aliphatic carbocycles. The Bertz CT molecular complexity index is 1090. The van der Waals surface area contributed by atoms with Crippen LogP contribution in [-0.2, 0) is 4.79 Å². The molecular formula is C21H17BrN4O4. The maximum absolute atomic E-state index is 12.8. The van der Waals surface area contributed by atoms with Gasteiger partial charge in [0.15, 0.2) is 11.6 Å². The van der Waals surface area contributed by atoms with Crippen LogP contribution in [0.2, 0.25) is 0 Å². The van der Waals surface area contributed by atoms with Crippen molar-refractivity contribution in [3.05, 3.63) is 71.1 Å². The van der Waals surface area contributed by atoms with Crippen LogP contribution in [0.4, 0.5) is 5.82 Å². The summed E-state index contributed by atoms with van der Waals surface area (Å²) in [6.45, 7) is -0.0353. The number of rotatable bonds is 4. The van der Waals surface area contributed by atoms with Gasteiger partial charge in [-0.1, -0.05) is 18.2 Å². The number of hydrogen-bond acceptors (Lipinski definition) is 6. The number of carbonyl (C=O) groups excluding carboxylic acids is 2. The molecule has 0 unspecified atom stereocenters. The second-order valence-corrected chi connectivity index (χ2v) is 7.33. The molecule has 1 N–H and O–H groups in total. The van der Waals surface area contributed by atoms with E-state index in [2.05, 4.69) is 31.2 Å². The van der Waals surface area contributed by atoms with Crippen molar-refractivity contribution in [2.45, 2.75) is 6.04 Å². The number of benzene rings is 1. The number of nitrogens with one attached hydrogen (secondary N) is 1. The van der Waals surface area contributed by atoms with E-state index in [0.717, 1.165) is 0 Å². The van der Waals surface area contributed by atoms with Gasteiger partial charge in [0.2, 0.25) is 0 Å². The van der Waals surface area contributed by atoms with Gasteiger partial charge in [0, 0.05) is 25.5 Å². The molecule has 0 fully saturated rings. The summed E-state index contributed by atoms with van der Waals surface area (Å²) in [4.78, 5) is 35.2. The first kappa shape index (κ1) is 19.8. The maximum Gasteiger partial charge on any atom is 0.270 e. The Hall–Kier alpha value is -3.46. The van der Waals surface area contributed by atoms with Gasteiger partial charge in [-0.25, -0.2) is 4.98 Å². The van der Waals surface area contributed by atoms with E-state index in [1.807, 2.05) is 18.2 Å². The van der Waals surface area contributed by atoms with Gasteiger partial charge < -0.3 is 14.8 Å². The number of pyridine rings is 2. The summed E-state index contributed by atoms with van der Waals surface area (Å²) in [6.07, 6.45) is 3.04. The highest BCUT2D eigenvalue weighted by Gasteiger charge is 2.32. The quantitative estimate of drug-likeness (QED) is 0.631. The van der Waals surface area contributed by atoms with Gasteiger partial charge in [0.25, 0.3) is 11.8 Å². The van der Waals surface area contributed by atoms with E-state index in [-0.39, 0.29) is 18.2 Å². The number of halogens is 1. The fourth-order valence-corrected chi connectivity index (χ4v) is 3.33. The van der Waals surface area contributed by atoms with E-state index in [9.17, 15) is 9.59 Å². The van der Waals surface area contributed by atoms with E-state index < -0.39 is 11.9 Å². The molecule has 9 heteroatoms. The van der Waals surface area contributed by atoms with Crippen LogP contribution in [0.1, 0.15) is 10.5 Å². The largest absolute Gasteiger partial charge is 0.486 e. The van der Waals surface area contributed by atoms with Crippen molar-refractivity contribution in [3.63, 3.8) is 0 Å². The summed E-state index contributed by atoms with van der Waals surface area (Å²) >= 11 is 3.39. The molecule has 0 radical (unpaired) electrons. The number of ether oxygens (including phenoxy) is 2. The zero-order valence-electron chi connectivity index (χ0n) is 15.9. The molecule has 1 atom stereocenters. The lowest BCUT2D eigenvalue weighted by atomic mass is 10.2. The van der Waals surface area contributed by atoms with Gasteiger partial charge in [-0.3, -0.25) is 19.5 Å². The highest BCUT2D eigenvalue weighted by Crippen LogP contribution is 2.35. The van der Waals surface area contributed by atoms with Crippen LogP contribution in [0, 0.1) is 0 Å². The number of amides is 2. The Morgan fingerprint density at radius 1 is 1.17 bits per heavy atom. The molecular weight excluding hydrogens is 452 g/mol. The predicted octanol–water partition coefficient (Wildman–Crippen LogP) is 3.19. The third-order valence-corrected chi connectivity index (χ3v) is 5.05.